The molecular formula is C31H57F2N5O6. The fourth-order valence-electron chi connectivity index (χ4n) is 7.16. The number of nitrogens with one attached hydrogen (secondary N) is 3. The normalized spacial score (nSPS) is 32.8. The van der Waals surface area contributed by atoms with Gasteiger partial charge < -0.3 is 35.0 Å². The zero-order valence-corrected chi connectivity index (χ0v) is 26.5. The fourth-order valence-corrected chi connectivity index (χ4v) is 7.16. The molecule has 4 fully saturated rings. The molecule has 3 heterocycles. The summed E-state index contributed by atoms with van der Waals surface area (Å²) in [5.74, 6) is -0.379. The number of ether oxygens (including phenoxy) is 2. The number of halogens is 2. The number of hydrogen-bond donors (Lipinski definition) is 6. The molecule has 11 nitrogen and oxygen atoms in total. The summed E-state index contributed by atoms with van der Waals surface area (Å²) in [6.45, 7) is 7.53. The van der Waals surface area contributed by atoms with E-state index in [1.165, 1.54) is 0 Å². The maximum Gasteiger partial charge on any atom is 0.223 e. The van der Waals surface area contributed by atoms with Crippen molar-refractivity contribution in [1.29, 1.82) is 0 Å². The molecule has 0 aromatic heterocycles. The third kappa shape index (κ3) is 10.5. The van der Waals surface area contributed by atoms with Crippen molar-refractivity contribution in [2.75, 3.05) is 78.8 Å². The molecule has 0 bridgehead atoms. The van der Waals surface area contributed by atoms with Crippen molar-refractivity contribution < 1.29 is 38.4 Å². The lowest BCUT2D eigenvalue weighted by Crippen LogP contribution is -2.64. The van der Waals surface area contributed by atoms with Gasteiger partial charge in [0.25, 0.3) is 0 Å². The predicted octanol–water partition coefficient (Wildman–Crippen LogP) is 0.375. The van der Waals surface area contributed by atoms with Crippen LogP contribution >= 0.6 is 0 Å². The number of rotatable bonds is 16. The van der Waals surface area contributed by atoms with Gasteiger partial charge in [-0.25, -0.2) is 8.78 Å². The summed E-state index contributed by atoms with van der Waals surface area (Å²) < 4.78 is 41.8. The van der Waals surface area contributed by atoms with E-state index in [9.17, 15) is 20.1 Å². The zero-order chi connectivity index (χ0) is 31.5. The van der Waals surface area contributed by atoms with Gasteiger partial charge in [0.1, 0.15) is 24.2 Å². The van der Waals surface area contributed by atoms with Gasteiger partial charge in [0.2, 0.25) is 5.91 Å². The molecule has 2 unspecified atom stereocenters. The highest BCUT2D eigenvalue weighted by atomic mass is 19.1. The smallest absolute Gasteiger partial charge is 0.223 e. The number of piperidine rings is 1. The third-order valence-electron chi connectivity index (χ3n) is 10.0. The minimum absolute atomic E-state index is 0.0364. The van der Waals surface area contributed by atoms with Crippen LogP contribution in [0.2, 0.25) is 0 Å². The van der Waals surface area contributed by atoms with Gasteiger partial charge in [-0.1, -0.05) is 0 Å². The van der Waals surface area contributed by atoms with Crippen LogP contribution in [0.1, 0.15) is 58.3 Å². The molecule has 1 saturated carbocycles. The van der Waals surface area contributed by atoms with Gasteiger partial charge in [-0.3, -0.25) is 20.3 Å². The zero-order valence-electron chi connectivity index (χ0n) is 26.5. The van der Waals surface area contributed by atoms with Crippen molar-refractivity contribution in [3.05, 3.63) is 0 Å². The molecular weight excluding hydrogens is 576 g/mol. The molecule has 6 N–H and O–H groups in total. The molecule has 4 rings (SSSR count). The van der Waals surface area contributed by atoms with Crippen LogP contribution in [0.4, 0.5) is 8.78 Å². The standard InChI is InChI=1S/C31H57F2N5O6/c1-2-43-25-16-35-30(36-17-25)37-8-5-22(6-9-37)4-3-11-44-24-12-27(32)26(28(33)13-24)14-29(41)38-10-7-23(18-38)15-34-19-31(42,20-39)21-40/h22-28,30,34-36,39-40,42H,2-21H2,1H3/t23-,24?,25?,26?,27?,28?,30?/m0/s1. The molecule has 4 aliphatic rings. The number of nitrogens with zero attached hydrogens (tertiary/aromatic N) is 2. The van der Waals surface area contributed by atoms with E-state index in [0.29, 0.717) is 32.2 Å². The summed E-state index contributed by atoms with van der Waals surface area (Å²) in [6.07, 6.45) is 2.27. The van der Waals surface area contributed by atoms with Gasteiger partial charge in [0, 0.05) is 84.2 Å². The Morgan fingerprint density at radius 3 is 2.27 bits per heavy atom. The van der Waals surface area contributed by atoms with Gasteiger partial charge in [-0.15, -0.1) is 0 Å². The number of hydrogen-bond acceptors (Lipinski definition) is 10. The second-order valence-corrected chi connectivity index (χ2v) is 13.4. The van der Waals surface area contributed by atoms with Crippen molar-refractivity contribution in [3.8, 4) is 0 Å². The Labute approximate surface area is 261 Å². The van der Waals surface area contributed by atoms with Gasteiger partial charge in [0.15, 0.2) is 0 Å². The predicted molar refractivity (Wildman–Crippen MR) is 162 cm³/mol. The minimum Gasteiger partial charge on any atom is -0.393 e. The summed E-state index contributed by atoms with van der Waals surface area (Å²) in [5.41, 5.74) is -1.58. The summed E-state index contributed by atoms with van der Waals surface area (Å²) in [7, 11) is 0. The first-order chi connectivity index (χ1) is 21.2. The highest BCUT2D eigenvalue weighted by Crippen LogP contribution is 2.35. The Hall–Kier alpha value is -1.03. The molecule has 0 spiro atoms. The van der Waals surface area contributed by atoms with Crippen molar-refractivity contribution in [2.24, 2.45) is 17.8 Å². The number of carbonyl (C=O) groups is 1. The van der Waals surface area contributed by atoms with E-state index in [0.717, 1.165) is 64.9 Å². The Morgan fingerprint density at radius 2 is 1.64 bits per heavy atom. The van der Waals surface area contributed by atoms with Crippen LogP contribution in [0.15, 0.2) is 0 Å². The van der Waals surface area contributed by atoms with Crippen LogP contribution in [0.3, 0.4) is 0 Å². The first-order valence-electron chi connectivity index (χ1n) is 16.9. The van der Waals surface area contributed by atoms with E-state index in [1.54, 1.807) is 4.90 Å². The van der Waals surface area contributed by atoms with Crippen LogP contribution in [-0.2, 0) is 14.3 Å². The first kappa shape index (κ1) is 35.8. The lowest BCUT2D eigenvalue weighted by atomic mass is 9.81. The van der Waals surface area contributed by atoms with Crippen molar-refractivity contribution in [1.82, 2.24) is 25.8 Å². The molecule has 3 aliphatic heterocycles. The number of alkyl halides is 2. The van der Waals surface area contributed by atoms with Crippen molar-refractivity contribution in [3.63, 3.8) is 0 Å². The van der Waals surface area contributed by atoms with Gasteiger partial charge in [-0.05, 0) is 57.4 Å². The molecule has 3 saturated heterocycles. The Balaban J connectivity index is 1.06. The molecule has 256 valence electrons. The van der Waals surface area contributed by atoms with E-state index in [2.05, 4.69) is 20.9 Å². The van der Waals surface area contributed by atoms with Crippen LogP contribution in [-0.4, -0.2) is 146 Å². The molecule has 1 amide bonds. The Morgan fingerprint density at radius 1 is 0.977 bits per heavy atom. The van der Waals surface area contributed by atoms with Crippen LogP contribution in [0.25, 0.3) is 0 Å². The molecule has 13 heteroatoms. The number of aliphatic hydroxyl groups is 3. The van der Waals surface area contributed by atoms with E-state index in [1.807, 2.05) is 6.92 Å². The number of likely N-dealkylation sites (tertiary alicyclic amines) is 2. The number of aliphatic hydroxyl groups excluding tert-OH is 2. The molecule has 3 atom stereocenters. The second-order valence-electron chi connectivity index (χ2n) is 13.4. The van der Waals surface area contributed by atoms with E-state index in [4.69, 9.17) is 9.47 Å². The highest BCUT2D eigenvalue weighted by Gasteiger charge is 2.41. The average Bonchev–Trinajstić information content (AvgIpc) is 3.51. The Bertz CT molecular complexity index is 832. The summed E-state index contributed by atoms with van der Waals surface area (Å²) in [6, 6.07) is 0. The minimum atomic E-state index is -1.58. The van der Waals surface area contributed by atoms with Gasteiger partial charge in [-0.2, -0.15) is 0 Å². The monoisotopic (exact) mass is 633 g/mol. The fraction of sp³-hybridized carbons (Fsp3) is 0.968. The van der Waals surface area contributed by atoms with Gasteiger partial charge >= 0.3 is 0 Å². The summed E-state index contributed by atoms with van der Waals surface area (Å²) in [4.78, 5) is 17.0. The first-order valence-corrected chi connectivity index (χ1v) is 16.9. The third-order valence-corrected chi connectivity index (χ3v) is 10.0. The molecule has 0 aromatic carbocycles. The van der Waals surface area contributed by atoms with Crippen molar-refractivity contribution >= 4 is 5.91 Å². The highest BCUT2D eigenvalue weighted by molar-refractivity contribution is 5.77. The molecule has 1 aliphatic carbocycles. The van der Waals surface area contributed by atoms with Gasteiger partial charge in [0.05, 0.1) is 25.4 Å². The van der Waals surface area contributed by atoms with E-state index < -0.39 is 43.2 Å². The second kappa shape index (κ2) is 17.8. The number of carbonyl (C=O) groups excluding carboxylic acids is 1. The van der Waals surface area contributed by atoms with E-state index in [-0.39, 0.29) is 50.0 Å². The Kier molecular flexibility index (Phi) is 14.5. The molecule has 44 heavy (non-hydrogen) atoms. The topological polar surface area (TPSA) is 139 Å². The lowest BCUT2D eigenvalue weighted by Gasteiger charge is -2.41. The summed E-state index contributed by atoms with van der Waals surface area (Å²) >= 11 is 0. The van der Waals surface area contributed by atoms with Crippen LogP contribution < -0.4 is 16.0 Å². The quantitative estimate of drug-likeness (QED) is 0.132. The largest absolute Gasteiger partial charge is 0.393 e. The molecule has 0 aromatic rings. The maximum atomic E-state index is 15.1. The van der Waals surface area contributed by atoms with Crippen molar-refractivity contribution in [2.45, 2.75) is 94.7 Å². The lowest BCUT2D eigenvalue weighted by molar-refractivity contribution is -0.134. The molecule has 0 radical (unpaired) electrons. The maximum absolute atomic E-state index is 15.1. The number of amides is 1. The van der Waals surface area contributed by atoms with Crippen LogP contribution in [0.5, 0.6) is 0 Å². The van der Waals surface area contributed by atoms with E-state index >= 15 is 8.78 Å². The average molecular weight is 634 g/mol. The SMILES string of the molecule is CCOC1CNC(N2CCC(CCCOC3CC(F)C(CC(=O)N4CC[C@@H](CNCC(O)(CO)CO)C4)C(F)C3)CC2)NC1. The van der Waals surface area contributed by atoms with Crippen LogP contribution in [0, 0.1) is 17.8 Å². The summed E-state index contributed by atoms with van der Waals surface area (Å²) in [5, 5.41) is 38.5.